The molecule has 23 heavy (non-hydrogen) atoms. The summed E-state index contributed by atoms with van der Waals surface area (Å²) in [5, 5.41) is 3.32. The summed E-state index contributed by atoms with van der Waals surface area (Å²) in [4.78, 5) is 25.0. The van der Waals surface area contributed by atoms with Gasteiger partial charge in [0.05, 0.1) is 12.7 Å². The molecular weight excluding hydrogens is 334 g/mol. The Morgan fingerprint density at radius 1 is 1.43 bits per heavy atom. The monoisotopic (exact) mass is 357 g/mol. The first-order valence-corrected chi connectivity index (χ1v) is 9.27. The zero-order valence-electron chi connectivity index (χ0n) is 14.1. The van der Waals surface area contributed by atoms with Crippen LogP contribution in [0.25, 0.3) is 0 Å². The highest BCUT2D eigenvalue weighted by Crippen LogP contribution is 2.45. The summed E-state index contributed by atoms with van der Waals surface area (Å²) in [6.45, 7) is 6.82. The highest BCUT2D eigenvalue weighted by Gasteiger charge is 2.35. The van der Waals surface area contributed by atoms with E-state index in [0.29, 0.717) is 16.5 Å². The van der Waals surface area contributed by atoms with Crippen molar-refractivity contribution in [1.82, 2.24) is 0 Å². The molecule has 1 heterocycles. The van der Waals surface area contributed by atoms with Crippen molar-refractivity contribution >= 4 is 39.8 Å². The third-order valence-electron chi connectivity index (χ3n) is 5.05. The van der Waals surface area contributed by atoms with Crippen LogP contribution >= 0.6 is 22.9 Å². The first-order valence-electron chi connectivity index (χ1n) is 7.92. The van der Waals surface area contributed by atoms with Gasteiger partial charge in [0, 0.05) is 4.88 Å². The number of alkyl halides is 1. The molecule has 6 heteroatoms. The van der Waals surface area contributed by atoms with Crippen LogP contribution in [0.3, 0.4) is 0 Å². The third-order valence-corrected chi connectivity index (χ3v) is 6.46. The first-order chi connectivity index (χ1) is 10.8. The summed E-state index contributed by atoms with van der Waals surface area (Å²) < 4.78 is 4.92. The van der Waals surface area contributed by atoms with Crippen molar-refractivity contribution in [3.8, 4) is 0 Å². The second-order valence-corrected chi connectivity index (χ2v) is 8.04. The molecule has 1 aliphatic rings. The fraction of sp³-hybridized carbons (Fsp3) is 0.647. The number of halogens is 1. The minimum atomic E-state index is -0.388. The molecule has 1 atom stereocenters. The van der Waals surface area contributed by atoms with Gasteiger partial charge in [-0.05, 0) is 36.2 Å². The number of hydrogen-bond donors (Lipinski definition) is 1. The van der Waals surface area contributed by atoms with Gasteiger partial charge in [0.2, 0.25) is 5.91 Å². The molecule has 1 unspecified atom stereocenters. The molecule has 4 nitrogen and oxygen atoms in total. The first kappa shape index (κ1) is 18.3. The molecule has 1 N–H and O–H groups in total. The Balaban J connectivity index is 2.38. The van der Waals surface area contributed by atoms with E-state index in [4.69, 9.17) is 16.3 Å². The SMILES string of the molecule is CCC(C)(C)C1CCc2c(sc(NC(=O)CCl)c2C(=O)OC)C1. The average molecular weight is 358 g/mol. The lowest BCUT2D eigenvalue weighted by molar-refractivity contribution is -0.113. The number of carbonyl (C=O) groups is 2. The number of nitrogens with one attached hydrogen (secondary N) is 1. The van der Waals surface area contributed by atoms with Crippen LogP contribution in [0, 0.1) is 11.3 Å². The molecule has 128 valence electrons. The molecule has 1 amide bonds. The zero-order chi connectivity index (χ0) is 17.2. The van der Waals surface area contributed by atoms with Crippen LogP contribution in [-0.4, -0.2) is 24.9 Å². The summed E-state index contributed by atoms with van der Waals surface area (Å²) >= 11 is 7.06. The van der Waals surface area contributed by atoms with Crippen molar-refractivity contribution in [2.75, 3.05) is 18.3 Å². The Hall–Kier alpha value is -1.07. The minimum Gasteiger partial charge on any atom is -0.465 e. The number of carbonyl (C=O) groups excluding carboxylic acids is 2. The van der Waals surface area contributed by atoms with Gasteiger partial charge < -0.3 is 10.1 Å². The van der Waals surface area contributed by atoms with Crippen molar-refractivity contribution in [3.05, 3.63) is 16.0 Å². The summed E-state index contributed by atoms with van der Waals surface area (Å²) in [5.41, 5.74) is 1.82. The van der Waals surface area contributed by atoms with E-state index >= 15 is 0 Å². The number of esters is 1. The van der Waals surface area contributed by atoms with Gasteiger partial charge in [-0.25, -0.2) is 4.79 Å². The van der Waals surface area contributed by atoms with E-state index in [2.05, 4.69) is 26.1 Å². The summed E-state index contributed by atoms with van der Waals surface area (Å²) in [6, 6.07) is 0. The van der Waals surface area contributed by atoms with E-state index in [1.54, 1.807) is 0 Å². The Kier molecular flexibility index (Phi) is 5.74. The Bertz CT molecular complexity index is 609. The van der Waals surface area contributed by atoms with E-state index < -0.39 is 0 Å². The topological polar surface area (TPSA) is 55.4 Å². The number of amides is 1. The molecule has 1 aromatic rings. The molecule has 0 fully saturated rings. The van der Waals surface area contributed by atoms with Gasteiger partial charge in [-0.1, -0.05) is 27.2 Å². The zero-order valence-corrected chi connectivity index (χ0v) is 15.7. The average Bonchev–Trinajstić information content (AvgIpc) is 2.90. The molecular formula is C17H24ClNO3S. The van der Waals surface area contributed by atoms with Crippen molar-refractivity contribution in [1.29, 1.82) is 0 Å². The molecule has 0 radical (unpaired) electrons. The predicted molar refractivity (Wildman–Crippen MR) is 94.6 cm³/mol. The number of thiophene rings is 1. The van der Waals surface area contributed by atoms with Gasteiger partial charge >= 0.3 is 5.97 Å². The van der Waals surface area contributed by atoms with Gasteiger partial charge in [0.1, 0.15) is 10.9 Å². The lowest BCUT2D eigenvalue weighted by Crippen LogP contribution is -2.28. The molecule has 0 saturated heterocycles. The van der Waals surface area contributed by atoms with Gasteiger partial charge in [-0.3, -0.25) is 4.79 Å². The summed E-state index contributed by atoms with van der Waals surface area (Å²) in [7, 11) is 1.37. The van der Waals surface area contributed by atoms with Crippen molar-refractivity contribution in [2.45, 2.75) is 46.5 Å². The molecule has 1 aliphatic carbocycles. The van der Waals surface area contributed by atoms with Crippen molar-refractivity contribution < 1.29 is 14.3 Å². The van der Waals surface area contributed by atoms with Crippen LogP contribution in [0.4, 0.5) is 5.00 Å². The van der Waals surface area contributed by atoms with Crippen LogP contribution in [0.1, 0.15) is 54.4 Å². The molecule has 1 aromatic heterocycles. The fourth-order valence-electron chi connectivity index (χ4n) is 3.11. The molecule has 2 rings (SSSR count). The van der Waals surface area contributed by atoms with Crippen molar-refractivity contribution in [2.24, 2.45) is 11.3 Å². The normalized spacial score (nSPS) is 17.5. The van der Waals surface area contributed by atoms with Gasteiger partial charge in [0.25, 0.3) is 0 Å². The van der Waals surface area contributed by atoms with Crippen LogP contribution < -0.4 is 5.32 Å². The number of methoxy groups -OCH3 is 1. The quantitative estimate of drug-likeness (QED) is 0.633. The largest absolute Gasteiger partial charge is 0.465 e. The molecule has 0 bridgehead atoms. The highest BCUT2D eigenvalue weighted by molar-refractivity contribution is 7.17. The standard InChI is InChI=1S/C17H24ClNO3S/c1-5-17(2,3)10-6-7-11-12(8-10)23-15(19-13(20)9-18)14(11)16(21)22-4/h10H,5-9H2,1-4H3,(H,19,20). The van der Waals surface area contributed by atoms with Crippen LogP contribution in [0.2, 0.25) is 0 Å². The third kappa shape index (κ3) is 3.72. The van der Waals surface area contributed by atoms with Crippen molar-refractivity contribution in [3.63, 3.8) is 0 Å². The van der Waals surface area contributed by atoms with E-state index in [0.717, 1.165) is 31.2 Å². The smallest absolute Gasteiger partial charge is 0.341 e. The lowest BCUT2D eigenvalue weighted by Gasteiger charge is -2.36. The fourth-order valence-corrected chi connectivity index (χ4v) is 4.51. The highest BCUT2D eigenvalue weighted by atomic mass is 35.5. The van der Waals surface area contributed by atoms with Gasteiger partial charge in [-0.2, -0.15) is 0 Å². The van der Waals surface area contributed by atoms with Gasteiger partial charge in [-0.15, -0.1) is 22.9 Å². The summed E-state index contributed by atoms with van der Waals surface area (Å²) in [5.74, 6) is -0.239. The van der Waals surface area contributed by atoms with E-state index in [9.17, 15) is 9.59 Å². The Morgan fingerprint density at radius 2 is 2.13 bits per heavy atom. The van der Waals surface area contributed by atoms with E-state index in [1.165, 1.54) is 23.3 Å². The Labute approximate surface area is 146 Å². The van der Waals surface area contributed by atoms with Crippen LogP contribution in [0.15, 0.2) is 0 Å². The molecule has 0 spiro atoms. The number of ether oxygens (including phenoxy) is 1. The molecule has 0 aliphatic heterocycles. The predicted octanol–water partition coefficient (Wildman–Crippen LogP) is 4.25. The van der Waals surface area contributed by atoms with E-state index in [1.807, 2.05) is 0 Å². The number of rotatable bonds is 5. The maximum Gasteiger partial charge on any atom is 0.341 e. The lowest BCUT2D eigenvalue weighted by atomic mass is 9.69. The second-order valence-electron chi connectivity index (χ2n) is 6.66. The van der Waals surface area contributed by atoms with E-state index in [-0.39, 0.29) is 23.2 Å². The maximum absolute atomic E-state index is 12.2. The van der Waals surface area contributed by atoms with Crippen LogP contribution in [0.5, 0.6) is 0 Å². The number of anilines is 1. The molecule has 0 aromatic carbocycles. The molecule has 0 saturated carbocycles. The number of fused-ring (bicyclic) bond motifs is 1. The van der Waals surface area contributed by atoms with Crippen LogP contribution in [-0.2, 0) is 22.4 Å². The van der Waals surface area contributed by atoms with Gasteiger partial charge in [0.15, 0.2) is 0 Å². The number of hydrogen-bond acceptors (Lipinski definition) is 4. The minimum absolute atomic E-state index is 0.130. The Morgan fingerprint density at radius 3 is 2.70 bits per heavy atom. The second kappa shape index (κ2) is 7.22. The summed E-state index contributed by atoms with van der Waals surface area (Å²) in [6.07, 6.45) is 3.97. The maximum atomic E-state index is 12.2.